The van der Waals surface area contributed by atoms with Gasteiger partial charge >= 0.3 is 10.2 Å². The van der Waals surface area contributed by atoms with Crippen LogP contribution < -0.4 is 14.4 Å². The number of methoxy groups -OCH3 is 1. The van der Waals surface area contributed by atoms with Crippen molar-refractivity contribution in [2.24, 2.45) is 0 Å². The zero-order chi connectivity index (χ0) is 18.6. The van der Waals surface area contributed by atoms with Gasteiger partial charge in [-0.15, -0.1) is 0 Å². The molecule has 0 aromatic heterocycles. The molecule has 0 aliphatic carbocycles. The van der Waals surface area contributed by atoms with Crippen LogP contribution >= 0.6 is 0 Å². The Labute approximate surface area is 148 Å². The zero-order valence-electron chi connectivity index (χ0n) is 14.6. The minimum atomic E-state index is -3.56. The van der Waals surface area contributed by atoms with Crippen LogP contribution in [0.3, 0.4) is 0 Å². The number of rotatable bonds is 6. The largest absolute Gasteiger partial charge is 0.497 e. The average Bonchev–Trinajstić information content (AvgIpc) is 2.61. The first-order valence-electron chi connectivity index (χ1n) is 7.47. The second kappa shape index (κ2) is 7.54. The number of carbonyl (C=O) groups excluding carboxylic acids is 1. The Bertz CT molecular complexity index is 831. The number of anilines is 2. The van der Waals surface area contributed by atoms with Gasteiger partial charge in [0.05, 0.1) is 12.8 Å². The summed E-state index contributed by atoms with van der Waals surface area (Å²) in [4.78, 5) is 12.3. The van der Waals surface area contributed by atoms with Gasteiger partial charge in [0.1, 0.15) is 5.75 Å². The summed E-state index contributed by atoms with van der Waals surface area (Å²) in [6.45, 7) is 0. The molecule has 2 aromatic carbocycles. The van der Waals surface area contributed by atoms with Gasteiger partial charge < -0.3 is 10.1 Å². The van der Waals surface area contributed by atoms with Crippen LogP contribution in [-0.4, -0.2) is 46.9 Å². The lowest BCUT2D eigenvalue weighted by atomic mass is 10.2. The lowest BCUT2D eigenvalue weighted by Crippen LogP contribution is -2.37. The molecule has 0 aliphatic heterocycles. The van der Waals surface area contributed by atoms with Gasteiger partial charge in [-0.3, -0.25) is 9.10 Å². The zero-order valence-corrected chi connectivity index (χ0v) is 15.4. The van der Waals surface area contributed by atoms with E-state index in [1.807, 2.05) is 0 Å². The Hall–Kier alpha value is -2.58. The summed E-state index contributed by atoms with van der Waals surface area (Å²) in [5.41, 5.74) is 1.53. The molecule has 25 heavy (non-hydrogen) atoms. The van der Waals surface area contributed by atoms with Crippen molar-refractivity contribution in [1.29, 1.82) is 0 Å². The van der Waals surface area contributed by atoms with E-state index in [-0.39, 0.29) is 5.91 Å². The van der Waals surface area contributed by atoms with Crippen molar-refractivity contribution in [3.05, 3.63) is 54.1 Å². The molecule has 0 saturated carbocycles. The molecule has 134 valence electrons. The third-order valence-corrected chi connectivity index (χ3v) is 5.47. The van der Waals surface area contributed by atoms with E-state index in [9.17, 15) is 13.2 Å². The Balaban J connectivity index is 2.12. The highest BCUT2D eigenvalue weighted by Crippen LogP contribution is 2.20. The van der Waals surface area contributed by atoms with Crippen LogP contribution in [0.15, 0.2) is 48.5 Å². The van der Waals surface area contributed by atoms with Crippen molar-refractivity contribution in [2.45, 2.75) is 0 Å². The van der Waals surface area contributed by atoms with Crippen LogP contribution in [0.2, 0.25) is 0 Å². The first-order chi connectivity index (χ1) is 11.8. The highest BCUT2D eigenvalue weighted by atomic mass is 32.2. The van der Waals surface area contributed by atoms with E-state index in [2.05, 4.69) is 5.32 Å². The van der Waals surface area contributed by atoms with Crippen LogP contribution in [-0.2, 0) is 10.2 Å². The molecule has 0 spiro atoms. The molecule has 0 radical (unpaired) electrons. The molecule has 0 fully saturated rings. The molecule has 8 heteroatoms. The maximum atomic E-state index is 12.3. The van der Waals surface area contributed by atoms with Gasteiger partial charge in [0, 0.05) is 32.4 Å². The van der Waals surface area contributed by atoms with Gasteiger partial charge in [-0.2, -0.15) is 12.7 Å². The number of nitrogens with one attached hydrogen (secondary N) is 1. The Kier molecular flexibility index (Phi) is 5.66. The molecule has 2 aromatic rings. The predicted molar refractivity (Wildman–Crippen MR) is 98.4 cm³/mol. The van der Waals surface area contributed by atoms with E-state index >= 15 is 0 Å². The summed E-state index contributed by atoms with van der Waals surface area (Å²) < 4.78 is 31.6. The summed E-state index contributed by atoms with van der Waals surface area (Å²) in [5.74, 6) is 0.419. The van der Waals surface area contributed by atoms with Crippen molar-refractivity contribution >= 4 is 27.5 Å². The SMILES string of the molecule is COc1ccc(NC(=O)c2ccc(N(C)S(=O)(=O)N(C)C)cc2)cc1. The molecule has 1 amide bonds. The van der Waals surface area contributed by atoms with E-state index in [4.69, 9.17) is 4.74 Å². The molecule has 7 nitrogen and oxygen atoms in total. The summed E-state index contributed by atoms with van der Waals surface area (Å²) >= 11 is 0. The highest BCUT2D eigenvalue weighted by Gasteiger charge is 2.21. The number of hydrogen-bond donors (Lipinski definition) is 1. The molecule has 0 saturated heterocycles. The number of hydrogen-bond acceptors (Lipinski definition) is 4. The van der Waals surface area contributed by atoms with Gasteiger partial charge in [-0.25, -0.2) is 0 Å². The van der Waals surface area contributed by atoms with Crippen LogP contribution in [0.1, 0.15) is 10.4 Å². The van der Waals surface area contributed by atoms with E-state index in [0.29, 0.717) is 22.7 Å². The number of carbonyl (C=O) groups is 1. The smallest absolute Gasteiger partial charge is 0.303 e. The monoisotopic (exact) mass is 363 g/mol. The lowest BCUT2D eigenvalue weighted by molar-refractivity contribution is 0.102. The van der Waals surface area contributed by atoms with E-state index < -0.39 is 10.2 Å². The first kappa shape index (κ1) is 18.8. The molecule has 2 rings (SSSR count). The molecule has 0 bridgehead atoms. The van der Waals surface area contributed by atoms with Crippen LogP contribution in [0.5, 0.6) is 5.75 Å². The standard InChI is InChI=1S/C17H21N3O4S/c1-19(2)25(22,23)20(3)15-9-5-13(6-10-15)17(21)18-14-7-11-16(24-4)12-8-14/h5-12H,1-4H3,(H,18,21). The quantitative estimate of drug-likeness (QED) is 0.853. The third-order valence-electron chi connectivity index (χ3n) is 3.65. The van der Waals surface area contributed by atoms with E-state index in [0.717, 1.165) is 8.61 Å². The second-order valence-corrected chi connectivity index (χ2v) is 7.66. The topological polar surface area (TPSA) is 79.0 Å². The molecule has 0 heterocycles. The number of nitrogens with zero attached hydrogens (tertiary/aromatic N) is 2. The summed E-state index contributed by atoms with van der Waals surface area (Å²) in [6.07, 6.45) is 0. The molecule has 0 atom stereocenters. The van der Waals surface area contributed by atoms with E-state index in [1.54, 1.807) is 55.6 Å². The van der Waals surface area contributed by atoms with Crippen molar-refractivity contribution in [3.8, 4) is 5.75 Å². The number of amides is 1. The van der Waals surface area contributed by atoms with Gasteiger partial charge in [-0.1, -0.05) is 0 Å². The predicted octanol–water partition coefficient (Wildman–Crippen LogP) is 2.19. The fraction of sp³-hybridized carbons (Fsp3) is 0.235. The van der Waals surface area contributed by atoms with E-state index in [1.165, 1.54) is 21.1 Å². The average molecular weight is 363 g/mol. The van der Waals surface area contributed by atoms with Gasteiger partial charge in [0.15, 0.2) is 0 Å². The molecule has 1 N–H and O–H groups in total. The van der Waals surface area contributed by atoms with Gasteiger partial charge in [0.25, 0.3) is 5.91 Å². The van der Waals surface area contributed by atoms with Crippen molar-refractivity contribution in [1.82, 2.24) is 4.31 Å². The minimum absolute atomic E-state index is 0.283. The third kappa shape index (κ3) is 4.28. The normalized spacial score (nSPS) is 11.2. The van der Waals surface area contributed by atoms with Crippen LogP contribution in [0, 0.1) is 0 Å². The highest BCUT2D eigenvalue weighted by molar-refractivity contribution is 7.90. The molecule has 0 aliphatic rings. The Morgan fingerprint density at radius 3 is 2.00 bits per heavy atom. The fourth-order valence-electron chi connectivity index (χ4n) is 2.08. The lowest BCUT2D eigenvalue weighted by Gasteiger charge is -2.23. The number of ether oxygens (including phenoxy) is 1. The van der Waals surface area contributed by atoms with Crippen LogP contribution in [0.25, 0.3) is 0 Å². The summed E-state index contributed by atoms with van der Waals surface area (Å²) in [5, 5.41) is 2.77. The van der Waals surface area contributed by atoms with Gasteiger partial charge in [0.2, 0.25) is 0 Å². The summed E-state index contributed by atoms with van der Waals surface area (Å²) in [6, 6.07) is 13.3. The molecular formula is C17H21N3O4S. The molecule has 0 unspecified atom stereocenters. The maximum Gasteiger partial charge on any atom is 0.303 e. The fourth-order valence-corrected chi connectivity index (χ4v) is 2.96. The molecular weight excluding hydrogens is 342 g/mol. The first-order valence-corrected chi connectivity index (χ1v) is 8.87. The number of benzene rings is 2. The van der Waals surface area contributed by atoms with Gasteiger partial charge in [-0.05, 0) is 48.5 Å². The maximum absolute atomic E-state index is 12.3. The minimum Gasteiger partial charge on any atom is -0.497 e. The Morgan fingerprint density at radius 1 is 0.960 bits per heavy atom. The Morgan fingerprint density at radius 2 is 1.52 bits per heavy atom. The van der Waals surface area contributed by atoms with Crippen molar-refractivity contribution in [3.63, 3.8) is 0 Å². The van der Waals surface area contributed by atoms with Crippen LogP contribution in [0.4, 0.5) is 11.4 Å². The van der Waals surface area contributed by atoms with Crippen molar-refractivity contribution < 1.29 is 17.9 Å². The second-order valence-electron chi connectivity index (χ2n) is 5.49. The van der Waals surface area contributed by atoms with Crippen molar-refractivity contribution in [2.75, 3.05) is 37.9 Å². The summed E-state index contributed by atoms with van der Waals surface area (Å²) in [7, 11) is 2.39.